The van der Waals surface area contributed by atoms with E-state index in [1.165, 1.54) is 12.8 Å². The SMILES string of the molecule is CCCC[I-]N=C=O. The molecule has 0 aliphatic rings. The van der Waals surface area contributed by atoms with Gasteiger partial charge in [-0.25, -0.2) is 0 Å². The summed E-state index contributed by atoms with van der Waals surface area (Å²) >= 11 is -0.180. The fourth-order valence-corrected chi connectivity index (χ4v) is 1.74. The zero-order chi connectivity index (χ0) is 6.24. The van der Waals surface area contributed by atoms with E-state index in [4.69, 9.17) is 0 Å². The Morgan fingerprint density at radius 2 is 2.50 bits per heavy atom. The topological polar surface area (TPSA) is 29.4 Å². The summed E-state index contributed by atoms with van der Waals surface area (Å²) < 4.78 is 4.64. The molecular formula is C5H9INO-. The van der Waals surface area contributed by atoms with Gasteiger partial charge in [0.2, 0.25) is 0 Å². The van der Waals surface area contributed by atoms with E-state index in [0.717, 1.165) is 4.43 Å². The molecule has 0 aliphatic carbocycles. The molecule has 0 N–H and O–H groups in total. The first kappa shape index (κ1) is 8.11. The molecule has 0 aromatic heterocycles. The molecule has 0 bridgehead atoms. The van der Waals surface area contributed by atoms with Crippen molar-refractivity contribution < 1.29 is 26.3 Å². The first-order valence-corrected chi connectivity index (χ1v) is 5.06. The predicted molar refractivity (Wildman–Crippen MR) is 27.9 cm³/mol. The van der Waals surface area contributed by atoms with E-state index in [9.17, 15) is 4.79 Å². The Balaban J connectivity index is 2.82. The van der Waals surface area contributed by atoms with Crippen LogP contribution >= 0.6 is 0 Å². The normalized spacial score (nSPS) is 8.62. The molecule has 0 radical (unpaired) electrons. The van der Waals surface area contributed by atoms with Crippen LogP contribution < -0.4 is 21.5 Å². The molecule has 0 rings (SSSR count). The minimum absolute atomic E-state index is 0.180. The maximum atomic E-state index is 9.50. The zero-order valence-corrected chi connectivity index (χ0v) is 7.01. The van der Waals surface area contributed by atoms with Crippen molar-refractivity contribution in [2.75, 3.05) is 4.43 Å². The van der Waals surface area contributed by atoms with E-state index in [-0.39, 0.29) is 21.5 Å². The Hall–Kier alpha value is 0.110. The third-order valence-corrected chi connectivity index (χ3v) is 2.45. The van der Waals surface area contributed by atoms with Crippen LogP contribution in [-0.2, 0) is 4.79 Å². The zero-order valence-electron chi connectivity index (χ0n) is 4.85. The van der Waals surface area contributed by atoms with Crippen LogP contribution in [0.25, 0.3) is 0 Å². The predicted octanol–water partition coefficient (Wildman–Crippen LogP) is -1.87. The van der Waals surface area contributed by atoms with Gasteiger partial charge in [-0.3, -0.25) is 0 Å². The molecule has 48 valence electrons. The van der Waals surface area contributed by atoms with E-state index < -0.39 is 0 Å². The first-order valence-electron chi connectivity index (χ1n) is 2.57. The van der Waals surface area contributed by atoms with Crippen LogP contribution in [0.15, 0.2) is 3.21 Å². The van der Waals surface area contributed by atoms with Crippen molar-refractivity contribution >= 4 is 6.08 Å². The van der Waals surface area contributed by atoms with Gasteiger partial charge in [-0.15, -0.1) is 0 Å². The molecule has 0 aromatic carbocycles. The van der Waals surface area contributed by atoms with Gasteiger partial charge >= 0.3 is 59.8 Å². The van der Waals surface area contributed by atoms with Crippen LogP contribution in [0.4, 0.5) is 0 Å². The van der Waals surface area contributed by atoms with E-state index in [1.807, 2.05) is 0 Å². The van der Waals surface area contributed by atoms with E-state index in [2.05, 4.69) is 10.1 Å². The second-order valence-corrected chi connectivity index (χ2v) is 3.58. The number of rotatable bonds is 4. The van der Waals surface area contributed by atoms with Crippen molar-refractivity contribution in [2.24, 2.45) is 3.21 Å². The number of hydrogen-bond acceptors (Lipinski definition) is 2. The molecule has 0 spiro atoms. The fourth-order valence-electron chi connectivity index (χ4n) is 0.260. The van der Waals surface area contributed by atoms with Gasteiger partial charge in [0.1, 0.15) is 0 Å². The van der Waals surface area contributed by atoms with Crippen LogP contribution in [-0.4, -0.2) is 10.5 Å². The number of unbranched alkanes of at least 4 members (excludes halogenated alkanes) is 1. The van der Waals surface area contributed by atoms with Gasteiger partial charge < -0.3 is 0 Å². The van der Waals surface area contributed by atoms with Gasteiger partial charge in [0.05, 0.1) is 0 Å². The summed E-state index contributed by atoms with van der Waals surface area (Å²) in [4.78, 5) is 9.50. The molecule has 0 atom stereocenters. The molecule has 0 aliphatic heterocycles. The molecule has 2 nitrogen and oxygen atoms in total. The molecule has 0 saturated carbocycles. The van der Waals surface area contributed by atoms with Crippen molar-refractivity contribution in [1.82, 2.24) is 0 Å². The van der Waals surface area contributed by atoms with Crippen LogP contribution in [0.3, 0.4) is 0 Å². The van der Waals surface area contributed by atoms with Gasteiger partial charge in [0.25, 0.3) is 0 Å². The van der Waals surface area contributed by atoms with Crippen molar-refractivity contribution in [2.45, 2.75) is 19.8 Å². The summed E-state index contributed by atoms with van der Waals surface area (Å²) in [5.74, 6) is 0. The van der Waals surface area contributed by atoms with Gasteiger partial charge in [0, 0.05) is 0 Å². The van der Waals surface area contributed by atoms with Gasteiger partial charge in [0.15, 0.2) is 0 Å². The third kappa shape index (κ3) is 6.11. The molecule has 0 amide bonds. The van der Waals surface area contributed by atoms with Crippen molar-refractivity contribution in [1.29, 1.82) is 0 Å². The number of hydrogen-bond donors (Lipinski definition) is 0. The Morgan fingerprint density at radius 3 is 3.00 bits per heavy atom. The second-order valence-electron chi connectivity index (χ2n) is 1.34. The average Bonchev–Trinajstić information content (AvgIpc) is 1.81. The maximum absolute atomic E-state index is 9.50. The number of halogens is 1. The molecular weight excluding hydrogens is 217 g/mol. The Kier molecular flexibility index (Phi) is 7.21. The van der Waals surface area contributed by atoms with Crippen LogP contribution in [0.5, 0.6) is 0 Å². The van der Waals surface area contributed by atoms with E-state index in [0.29, 0.717) is 0 Å². The van der Waals surface area contributed by atoms with Crippen molar-refractivity contribution in [3.63, 3.8) is 0 Å². The van der Waals surface area contributed by atoms with Crippen molar-refractivity contribution in [3.8, 4) is 0 Å². The Labute approximate surface area is 60.0 Å². The standard InChI is InChI=1S/C5H9INO/c1-2-3-4-6-7-5-8/h2-4H2,1H3/q-1. The van der Waals surface area contributed by atoms with Gasteiger partial charge in [-0.05, 0) is 0 Å². The quantitative estimate of drug-likeness (QED) is 0.181. The summed E-state index contributed by atoms with van der Waals surface area (Å²) in [5.41, 5.74) is 0. The molecule has 8 heavy (non-hydrogen) atoms. The van der Waals surface area contributed by atoms with Crippen LogP contribution in [0.1, 0.15) is 19.8 Å². The molecule has 0 fully saturated rings. The summed E-state index contributed by atoms with van der Waals surface area (Å²) in [6.45, 7) is 2.13. The van der Waals surface area contributed by atoms with Crippen molar-refractivity contribution in [3.05, 3.63) is 0 Å². The molecule has 3 heteroatoms. The molecule has 0 unspecified atom stereocenters. The summed E-state index contributed by atoms with van der Waals surface area (Å²) in [5, 5.41) is 0. The molecule has 0 heterocycles. The second kappa shape index (κ2) is 7.11. The summed E-state index contributed by atoms with van der Waals surface area (Å²) in [6.07, 6.45) is 3.96. The van der Waals surface area contributed by atoms with Gasteiger partial charge in [-0.2, -0.15) is 0 Å². The van der Waals surface area contributed by atoms with Crippen LogP contribution in [0, 0.1) is 0 Å². The summed E-state index contributed by atoms with van der Waals surface area (Å²) in [6, 6.07) is 0. The van der Waals surface area contributed by atoms with E-state index in [1.54, 1.807) is 6.08 Å². The minimum atomic E-state index is -0.180. The van der Waals surface area contributed by atoms with Gasteiger partial charge in [-0.1, -0.05) is 0 Å². The fraction of sp³-hybridized carbons (Fsp3) is 0.800. The summed E-state index contributed by atoms with van der Waals surface area (Å²) in [7, 11) is 0. The van der Waals surface area contributed by atoms with E-state index >= 15 is 0 Å². The molecule has 0 saturated heterocycles. The number of alkyl halides is 1. The first-order chi connectivity index (χ1) is 3.91. The third-order valence-electron chi connectivity index (χ3n) is 0.666. The molecule has 0 aromatic rings. The number of nitrogens with zero attached hydrogens (tertiary/aromatic N) is 1. The monoisotopic (exact) mass is 226 g/mol. The average molecular weight is 226 g/mol. The number of isocyanates is 1. The number of carbonyl (C=O) groups excluding carboxylic acids is 1. The van der Waals surface area contributed by atoms with Crippen LogP contribution in [0.2, 0.25) is 0 Å². The Bertz CT molecular complexity index is 88.4. The Morgan fingerprint density at radius 1 is 1.75 bits per heavy atom.